The number of aryl methyl sites for hydroxylation is 2. The van der Waals surface area contributed by atoms with Gasteiger partial charge in [-0.05, 0) is 51.1 Å². The average Bonchev–Trinajstić information content (AvgIpc) is 2.89. The third-order valence-corrected chi connectivity index (χ3v) is 3.56. The van der Waals surface area contributed by atoms with Gasteiger partial charge in [0.25, 0.3) is 0 Å². The molecule has 2 aromatic heterocycles. The lowest BCUT2D eigenvalue weighted by Crippen LogP contribution is -2.09. The molecule has 24 heavy (non-hydrogen) atoms. The average molecular weight is 327 g/mol. The standard InChI is InChI=1S/C18H18FN3O2/c1-11-10-16(13(3)23-11)12(2)21-18-20-9-8-17(22-18)24-15-6-4-14(19)5-7-15/h4-10,12H,1-3H3,(H,20,21,22). The fourth-order valence-electron chi connectivity index (χ4n) is 2.44. The first-order valence-electron chi connectivity index (χ1n) is 7.61. The van der Waals surface area contributed by atoms with E-state index >= 15 is 0 Å². The van der Waals surface area contributed by atoms with Crippen molar-refractivity contribution in [1.29, 1.82) is 0 Å². The molecule has 5 nitrogen and oxygen atoms in total. The largest absolute Gasteiger partial charge is 0.466 e. The molecule has 0 spiro atoms. The van der Waals surface area contributed by atoms with Crippen molar-refractivity contribution < 1.29 is 13.5 Å². The van der Waals surface area contributed by atoms with Crippen molar-refractivity contribution in [2.24, 2.45) is 0 Å². The van der Waals surface area contributed by atoms with Gasteiger partial charge in [-0.1, -0.05) is 0 Å². The van der Waals surface area contributed by atoms with Crippen molar-refractivity contribution >= 4 is 5.95 Å². The number of benzene rings is 1. The van der Waals surface area contributed by atoms with Gasteiger partial charge in [-0.2, -0.15) is 4.98 Å². The van der Waals surface area contributed by atoms with Gasteiger partial charge in [0, 0.05) is 17.8 Å². The molecule has 1 aromatic carbocycles. The smallest absolute Gasteiger partial charge is 0.226 e. The Labute approximate surface area is 139 Å². The molecule has 0 aliphatic rings. The number of furan rings is 1. The van der Waals surface area contributed by atoms with Crippen molar-refractivity contribution in [3.63, 3.8) is 0 Å². The number of ether oxygens (including phenoxy) is 1. The molecular weight excluding hydrogens is 309 g/mol. The number of anilines is 1. The highest BCUT2D eigenvalue weighted by atomic mass is 19.1. The summed E-state index contributed by atoms with van der Waals surface area (Å²) in [5.74, 6) is 2.76. The number of rotatable bonds is 5. The van der Waals surface area contributed by atoms with Gasteiger partial charge in [0.05, 0.1) is 6.04 Å². The molecule has 1 N–H and O–H groups in total. The predicted octanol–water partition coefficient (Wildman–Crippen LogP) is 4.79. The highest BCUT2D eigenvalue weighted by Gasteiger charge is 2.14. The minimum absolute atomic E-state index is 0.0106. The molecule has 0 aliphatic heterocycles. The van der Waals surface area contributed by atoms with Gasteiger partial charge in [-0.3, -0.25) is 0 Å². The number of nitrogens with zero attached hydrogens (tertiary/aromatic N) is 2. The second kappa shape index (κ2) is 6.70. The number of hydrogen-bond acceptors (Lipinski definition) is 5. The van der Waals surface area contributed by atoms with Crippen molar-refractivity contribution in [2.45, 2.75) is 26.8 Å². The lowest BCUT2D eigenvalue weighted by Gasteiger charge is -2.13. The van der Waals surface area contributed by atoms with Crippen molar-refractivity contribution in [3.8, 4) is 11.6 Å². The summed E-state index contributed by atoms with van der Waals surface area (Å²) in [4.78, 5) is 8.53. The maximum absolute atomic E-state index is 12.9. The first-order chi connectivity index (χ1) is 11.5. The minimum Gasteiger partial charge on any atom is -0.466 e. The predicted molar refractivity (Wildman–Crippen MR) is 88.7 cm³/mol. The molecule has 3 aromatic rings. The lowest BCUT2D eigenvalue weighted by atomic mass is 10.1. The highest BCUT2D eigenvalue weighted by Crippen LogP contribution is 2.25. The molecule has 0 saturated carbocycles. The van der Waals surface area contributed by atoms with E-state index in [4.69, 9.17) is 9.15 Å². The summed E-state index contributed by atoms with van der Waals surface area (Å²) >= 11 is 0. The molecule has 0 amide bonds. The normalized spacial score (nSPS) is 12.0. The lowest BCUT2D eigenvalue weighted by molar-refractivity contribution is 0.460. The number of halogens is 1. The Hall–Kier alpha value is -2.89. The number of hydrogen-bond donors (Lipinski definition) is 1. The van der Waals surface area contributed by atoms with E-state index in [1.807, 2.05) is 26.8 Å². The van der Waals surface area contributed by atoms with Crippen LogP contribution in [-0.4, -0.2) is 9.97 Å². The van der Waals surface area contributed by atoms with E-state index in [-0.39, 0.29) is 11.9 Å². The van der Waals surface area contributed by atoms with Gasteiger partial charge >= 0.3 is 0 Å². The second-order valence-corrected chi connectivity index (χ2v) is 5.51. The van der Waals surface area contributed by atoms with Gasteiger partial charge < -0.3 is 14.5 Å². The van der Waals surface area contributed by atoms with E-state index in [1.54, 1.807) is 24.4 Å². The number of aromatic nitrogens is 2. The third kappa shape index (κ3) is 3.71. The summed E-state index contributed by atoms with van der Waals surface area (Å²) < 4.78 is 24.1. The Balaban J connectivity index is 1.73. The number of nitrogens with one attached hydrogen (secondary N) is 1. The zero-order valence-corrected chi connectivity index (χ0v) is 13.7. The van der Waals surface area contributed by atoms with Crippen LogP contribution in [0.25, 0.3) is 0 Å². The van der Waals surface area contributed by atoms with Crippen LogP contribution in [0.2, 0.25) is 0 Å². The minimum atomic E-state index is -0.313. The quantitative estimate of drug-likeness (QED) is 0.730. The molecule has 0 bridgehead atoms. The van der Waals surface area contributed by atoms with Crippen LogP contribution >= 0.6 is 0 Å². The van der Waals surface area contributed by atoms with Crippen molar-refractivity contribution in [1.82, 2.24) is 9.97 Å². The van der Waals surface area contributed by atoms with Gasteiger partial charge in [-0.15, -0.1) is 0 Å². The van der Waals surface area contributed by atoms with Crippen LogP contribution in [0.15, 0.2) is 47.0 Å². The Morgan fingerprint density at radius 1 is 1.17 bits per heavy atom. The summed E-state index contributed by atoms with van der Waals surface area (Å²) in [6, 6.07) is 9.39. The van der Waals surface area contributed by atoms with E-state index in [9.17, 15) is 4.39 Å². The molecule has 1 unspecified atom stereocenters. The SMILES string of the molecule is Cc1cc(C(C)Nc2nccc(Oc3ccc(F)cc3)n2)c(C)o1. The molecule has 6 heteroatoms. The molecule has 0 fully saturated rings. The van der Waals surface area contributed by atoms with E-state index in [0.717, 1.165) is 17.1 Å². The fourth-order valence-corrected chi connectivity index (χ4v) is 2.44. The maximum Gasteiger partial charge on any atom is 0.226 e. The summed E-state index contributed by atoms with van der Waals surface area (Å²) in [7, 11) is 0. The molecule has 0 radical (unpaired) electrons. The molecule has 0 saturated heterocycles. The Morgan fingerprint density at radius 3 is 2.58 bits per heavy atom. The summed E-state index contributed by atoms with van der Waals surface area (Å²) in [5, 5.41) is 3.23. The van der Waals surface area contributed by atoms with Gasteiger partial charge in [0.2, 0.25) is 11.8 Å². The van der Waals surface area contributed by atoms with Gasteiger partial charge in [0.15, 0.2) is 0 Å². The van der Waals surface area contributed by atoms with Crippen LogP contribution in [-0.2, 0) is 0 Å². The zero-order valence-electron chi connectivity index (χ0n) is 13.7. The Bertz CT molecular complexity index is 831. The van der Waals surface area contributed by atoms with Crippen LogP contribution < -0.4 is 10.1 Å². The van der Waals surface area contributed by atoms with Crippen LogP contribution in [0.1, 0.15) is 30.0 Å². The summed E-state index contributed by atoms with van der Waals surface area (Å²) in [6.45, 7) is 5.85. The van der Waals surface area contributed by atoms with Crippen LogP contribution in [0.3, 0.4) is 0 Å². The Kier molecular flexibility index (Phi) is 4.46. The van der Waals surface area contributed by atoms with Crippen LogP contribution in [0, 0.1) is 19.7 Å². The zero-order chi connectivity index (χ0) is 17.1. The molecule has 3 rings (SSSR count). The Morgan fingerprint density at radius 2 is 1.92 bits per heavy atom. The molecule has 2 heterocycles. The second-order valence-electron chi connectivity index (χ2n) is 5.51. The summed E-state index contributed by atoms with van der Waals surface area (Å²) in [5.41, 5.74) is 1.06. The molecular formula is C18H18FN3O2. The van der Waals surface area contributed by atoms with E-state index in [2.05, 4.69) is 15.3 Å². The van der Waals surface area contributed by atoms with E-state index in [1.165, 1.54) is 12.1 Å². The van der Waals surface area contributed by atoms with E-state index < -0.39 is 0 Å². The van der Waals surface area contributed by atoms with Gasteiger partial charge in [-0.25, -0.2) is 9.37 Å². The first kappa shape index (κ1) is 16.0. The van der Waals surface area contributed by atoms with Gasteiger partial charge in [0.1, 0.15) is 23.1 Å². The van der Waals surface area contributed by atoms with Crippen LogP contribution in [0.5, 0.6) is 11.6 Å². The summed E-state index contributed by atoms with van der Waals surface area (Å²) in [6.07, 6.45) is 1.61. The molecule has 1 atom stereocenters. The maximum atomic E-state index is 12.9. The fraction of sp³-hybridized carbons (Fsp3) is 0.222. The topological polar surface area (TPSA) is 60.2 Å². The molecule has 124 valence electrons. The molecule has 0 aliphatic carbocycles. The highest BCUT2D eigenvalue weighted by molar-refractivity contribution is 5.36. The first-order valence-corrected chi connectivity index (χ1v) is 7.61. The van der Waals surface area contributed by atoms with Crippen molar-refractivity contribution in [3.05, 3.63) is 65.5 Å². The van der Waals surface area contributed by atoms with Crippen molar-refractivity contribution in [2.75, 3.05) is 5.32 Å². The van der Waals surface area contributed by atoms with E-state index in [0.29, 0.717) is 17.6 Å². The van der Waals surface area contributed by atoms with Crippen LogP contribution in [0.4, 0.5) is 10.3 Å². The third-order valence-electron chi connectivity index (χ3n) is 3.56. The monoisotopic (exact) mass is 327 g/mol.